The van der Waals surface area contributed by atoms with E-state index in [0.717, 1.165) is 46.0 Å². The molecule has 81 heavy (non-hydrogen) atoms. The van der Waals surface area contributed by atoms with E-state index in [9.17, 15) is 19.2 Å². The summed E-state index contributed by atoms with van der Waals surface area (Å²) in [6.45, 7) is 9.48. The minimum Gasteiger partial charge on any atom is -0.453 e. The summed E-state index contributed by atoms with van der Waals surface area (Å²) < 4.78 is 44.2. The van der Waals surface area contributed by atoms with Gasteiger partial charge >= 0.3 is 12.2 Å². The van der Waals surface area contributed by atoms with Crippen molar-refractivity contribution >= 4 is 57.4 Å². The first-order valence-corrected chi connectivity index (χ1v) is 28.6. The smallest absolute Gasteiger partial charge is 0.407 e. The molecule has 2 aromatic heterocycles. The molecule has 4 aliphatic heterocycles. The topological polar surface area (TPSA) is 181 Å². The summed E-state index contributed by atoms with van der Waals surface area (Å²) in [7, 11) is 2.55. The predicted molar refractivity (Wildman–Crippen MR) is 307 cm³/mol. The molecule has 4 fully saturated rings. The first-order valence-electron chi connectivity index (χ1n) is 28.6. The number of aromatic amines is 2. The zero-order valence-electron chi connectivity index (χ0n) is 46.9. The first kappa shape index (κ1) is 54.9. The summed E-state index contributed by atoms with van der Waals surface area (Å²) >= 11 is 0. The van der Waals surface area contributed by atoms with Crippen LogP contribution in [-0.2, 0) is 24.5 Å². The Bertz CT molecular complexity index is 3220. The molecule has 4 saturated heterocycles. The Hall–Kier alpha value is -8.02. The van der Waals surface area contributed by atoms with Crippen LogP contribution in [0.15, 0.2) is 109 Å². The fourth-order valence-electron chi connectivity index (χ4n) is 13.4. The molecule has 16 nitrogen and oxygen atoms in total. The number of benzene rings is 5. The van der Waals surface area contributed by atoms with Crippen molar-refractivity contribution in [2.75, 3.05) is 50.2 Å². The zero-order valence-corrected chi connectivity index (χ0v) is 46.9. The van der Waals surface area contributed by atoms with E-state index < -0.39 is 35.9 Å². The number of hydrogen-bond acceptors (Lipinski definition) is 10. The highest BCUT2D eigenvalue weighted by Crippen LogP contribution is 2.50. The number of H-pyrrole nitrogens is 2. The largest absolute Gasteiger partial charge is 0.453 e. The predicted octanol–water partition coefficient (Wildman–Crippen LogP) is 11.5. The zero-order chi connectivity index (χ0) is 56.7. The van der Waals surface area contributed by atoms with E-state index in [2.05, 4.69) is 86.2 Å². The van der Waals surface area contributed by atoms with Crippen molar-refractivity contribution < 1.29 is 37.4 Å². The van der Waals surface area contributed by atoms with Crippen molar-refractivity contribution in [2.24, 2.45) is 11.8 Å². The summed E-state index contributed by atoms with van der Waals surface area (Å²) in [6.07, 6.45) is 4.25. The SMILES string of the molecule is COC(=O)NC(C(=O)N1CCC[C@H]1c1nc2ccc([C@H]3CC[C@H](c4ccc5nc([C@@H]6CCCN6C(=O)[C@@H](NC(=O)OC)C(C)C)[nH]c5c4)N3c3cc(F)c(N4CCC(c5ccccc5)(c5ccccc5)CC4)c(F)c3)cc2[nH]1)C(C)C. The summed E-state index contributed by atoms with van der Waals surface area (Å²) in [6, 6.07) is 33.1. The number of amides is 4. The van der Waals surface area contributed by atoms with Gasteiger partial charge in [0, 0.05) is 37.3 Å². The van der Waals surface area contributed by atoms with Gasteiger partial charge in [-0.05, 0) is 122 Å². The van der Waals surface area contributed by atoms with Crippen LogP contribution in [0.1, 0.15) is 137 Å². The lowest BCUT2D eigenvalue weighted by molar-refractivity contribution is -0.136. The maximum absolute atomic E-state index is 17.2. The van der Waals surface area contributed by atoms with Crippen LogP contribution in [0.2, 0.25) is 0 Å². The third-order valence-corrected chi connectivity index (χ3v) is 17.6. The Labute approximate surface area is 471 Å². The fraction of sp³-hybridized carbons (Fsp3) is 0.429. The van der Waals surface area contributed by atoms with Crippen LogP contribution in [0.3, 0.4) is 0 Å². The number of halogens is 2. The molecule has 4 aliphatic rings. The lowest BCUT2D eigenvalue weighted by Gasteiger charge is -2.44. The van der Waals surface area contributed by atoms with Crippen molar-refractivity contribution in [2.45, 2.75) is 121 Å². The number of rotatable bonds is 14. The number of piperidine rings is 1. The van der Waals surface area contributed by atoms with Crippen LogP contribution in [0.4, 0.5) is 29.7 Å². The number of aromatic nitrogens is 4. The number of alkyl carbamates (subject to hydrolysis) is 2. The number of fused-ring (bicyclic) bond motifs is 2. The molecule has 0 spiro atoms. The van der Waals surface area contributed by atoms with Gasteiger partial charge in [-0.3, -0.25) is 9.59 Å². The average Bonchev–Trinajstić information content (AvgIpc) is 4.47. The highest BCUT2D eigenvalue weighted by molar-refractivity contribution is 5.88. The second-order valence-electron chi connectivity index (χ2n) is 23.0. The Balaban J connectivity index is 0.921. The molecule has 0 radical (unpaired) electrons. The molecule has 18 heteroatoms. The summed E-state index contributed by atoms with van der Waals surface area (Å²) in [5.74, 6) is -0.726. The number of carbonyl (C=O) groups is 4. The quantitative estimate of drug-likeness (QED) is 0.0818. The van der Waals surface area contributed by atoms with Crippen LogP contribution in [0, 0.1) is 23.5 Å². The monoisotopic (exact) mass is 1100 g/mol. The van der Waals surface area contributed by atoms with E-state index in [1.807, 2.05) is 69.0 Å². The summed E-state index contributed by atoms with van der Waals surface area (Å²) in [5, 5.41) is 5.45. The molecule has 0 bridgehead atoms. The number of carbonyl (C=O) groups excluding carboxylic acids is 4. The second kappa shape index (κ2) is 22.8. The minimum absolute atomic E-state index is 0.0287. The van der Waals surface area contributed by atoms with Crippen LogP contribution in [0.25, 0.3) is 22.1 Å². The minimum atomic E-state index is -0.775. The van der Waals surface area contributed by atoms with Crippen LogP contribution < -0.4 is 20.4 Å². The van der Waals surface area contributed by atoms with Gasteiger partial charge in [-0.15, -0.1) is 0 Å². The number of methoxy groups -OCH3 is 2. The van der Waals surface area contributed by atoms with Crippen LogP contribution in [0.5, 0.6) is 0 Å². The fourth-order valence-corrected chi connectivity index (χ4v) is 13.4. The number of ether oxygens (including phenoxy) is 2. The van der Waals surface area contributed by atoms with E-state index in [0.29, 0.717) is 82.0 Å². The molecule has 4 amide bonds. The lowest BCUT2D eigenvalue weighted by Crippen LogP contribution is -2.51. The Morgan fingerprint density at radius 2 is 1.01 bits per heavy atom. The molecular formula is C63H72F2N10O6. The molecule has 0 saturated carbocycles. The van der Waals surface area contributed by atoms with Crippen LogP contribution in [-0.4, -0.2) is 106 Å². The Morgan fingerprint density at radius 1 is 0.580 bits per heavy atom. The number of imidazole rings is 2. The van der Waals surface area contributed by atoms with Crippen molar-refractivity contribution in [1.82, 2.24) is 40.4 Å². The molecule has 7 aromatic rings. The van der Waals surface area contributed by atoms with E-state index in [1.165, 1.54) is 37.5 Å². The van der Waals surface area contributed by atoms with Gasteiger partial charge in [0.15, 0.2) is 11.6 Å². The van der Waals surface area contributed by atoms with E-state index in [1.54, 1.807) is 9.80 Å². The second-order valence-corrected chi connectivity index (χ2v) is 23.0. The van der Waals surface area contributed by atoms with Crippen molar-refractivity contribution in [1.29, 1.82) is 0 Å². The third kappa shape index (κ3) is 10.5. The molecule has 0 aliphatic carbocycles. The number of likely N-dealkylation sites (tertiary alicyclic amines) is 2. The molecule has 6 atom stereocenters. The van der Waals surface area contributed by atoms with Gasteiger partial charge in [0.05, 0.1) is 60.5 Å². The maximum Gasteiger partial charge on any atom is 0.407 e. The van der Waals surface area contributed by atoms with E-state index in [-0.39, 0.29) is 58.9 Å². The number of anilines is 2. The van der Waals surface area contributed by atoms with Gasteiger partial charge < -0.3 is 49.7 Å². The normalized spacial score (nSPS) is 20.8. The van der Waals surface area contributed by atoms with Gasteiger partial charge in [-0.1, -0.05) is 100 Å². The Kier molecular flexibility index (Phi) is 15.5. The third-order valence-electron chi connectivity index (χ3n) is 17.6. The van der Waals surface area contributed by atoms with Gasteiger partial charge in [-0.25, -0.2) is 28.3 Å². The maximum atomic E-state index is 17.2. The molecule has 5 aromatic carbocycles. The summed E-state index contributed by atoms with van der Waals surface area (Å²) in [4.78, 5) is 77.4. The molecule has 6 heterocycles. The van der Waals surface area contributed by atoms with E-state index >= 15 is 8.78 Å². The number of nitrogens with zero attached hydrogens (tertiary/aromatic N) is 6. The highest BCUT2D eigenvalue weighted by atomic mass is 19.1. The average molecular weight is 1100 g/mol. The molecule has 424 valence electrons. The van der Waals surface area contributed by atoms with Crippen molar-refractivity contribution in [3.8, 4) is 0 Å². The highest BCUT2D eigenvalue weighted by Gasteiger charge is 2.43. The number of nitrogens with one attached hydrogen (secondary N) is 4. The summed E-state index contributed by atoms with van der Waals surface area (Å²) in [5.41, 5.74) is 7.29. The Morgan fingerprint density at radius 3 is 1.42 bits per heavy atom. The molecule has 11 rings (SSSR count). The molecule has 1 unspecified atom stereocenters. The van der Waals surface area contributed by atoms with Gasteiger partial charge in [0.25, 0.3) is 0 Å². The molecular weight excluding hydrogens is 1030 g/mol. The van der Waals surface area contributed by atoms with Crippen LogP contribution >= 0.6 is 0 Å². The van der Waals surface area contributed by atoms with E-state index in [4.69, 9.17) is 19.4 Å². The van der Waals surface area contributed by atoms with Crippen molar-refractivity contribution in [3.63, 3.8) is 0 Å². The lowest BCUT2D eigenvalue weighted by atomic mass is 9.68. The van der Waals surface area contributed by atoms with Gasteiger partial charge in [0.2, 0.25) is 11.8 Å². The number of hydrogen-bond donors (Lipinski definition) is 4. The standard InChI is InChI=1S/C63H72F2N10O6/c1-37(2)54(70-61(78)80-5)59(76)73-29-13-19-52(73)57-66-46-23-21-39(33-48(46)68-57)50-25-26-51(40-22-24-47-49(34-40)69-58(67-47)53-20-14-30-74(53)60(77)55(38(3)4)71-62(79)81-6)75(50)43-35-44(64)56(45(65)36-43)72-31-27-63(28-32-72,41-15-9-7-10-16-41)42-17-11-8-12-18-42/h7-12,15-18,21-24,33-38,50-55H,13-14,19-20,25-32H2,1-6H3,(H,66,68)(H,67,69)(H,70,78)(H,71,79)/t50-,51-,52+,53+,54+,55?/m1/s1. The first-order chi connectivity index (χ1) is 39.2. The van der Waals surface area contributed by atoms with Crippen molar-refractivity contribution in [3.05, 3.63) is 155 Å². The van der Waals surface area contributed by atoms with Gasteiger partial charge in [-0.2, -0.15) is 0 Å². The van der Waals surface area contributed by atoms with Gasteiger partial charge in [0.1, 0.15) is 29.4 Å². The molecule has 4 N–H and O–H groups in total.